The monoisotopic (exact) mass is 434 g/mol. The largest absolute Gasteiger partial charge is 0.508 e. The fourth-order valence-electron chi connectivity index (χ4n) is 3.83. The first-order chi connectivity index (χ1) is 15.2. The highest BCUT2D eigenvalue weighted by Gasteiger charge is 2.32. The summed E-state index contributed by atoms with van der Waals surface area (Å²) in [6, 6.07) is 6.26. The Hall–Kier alpha value is -3.67. The highest BCUT2D eigenvalue weighted by atomic mass is 16.5. The van der Waals surface area contributed by atoms with Crippen molar-refractivity contribution in [2.75, 3.05) is 7.11 Å². The fourth-order valence-corrected chi connectivity index (χ4v) is 3.83. The molecule has 0 aliphatic carbocycles. The van der Waals surface area contributed by atoms with Gasteiger partial charge in [0, 0.05) is 12.1 Å². The lowest BCUT2D eigenvalue weighted by molar-refractivity contribution is 0.243. The zero-order valence-corrected chi connectivity index (χ0v) is 18.7. The average molecular weight is 434 g/mol. The Balaban J connectivity index is 2.10. The molecule has 32 heavy (non-hydrogen) atoms. The van der Waals surface area contributed by atoms with Crippen molar-refractivity contribution < 1.29 is 24.1 Å². The Morgan fingerprint density at radius 2 is 1.94 bits per heavy atom. The van der Waals surface area contributed by atoms with Crippen LogP contribution in [-0.4, -0.2) is 17.3 Å². The van der Waals surface area contributed by atoms with Crippen molar-refractivity contribution in [3.8, 4) is 34.3 Å². The molecule has 0 saturated carbocycles. The van der Waals surface area contributed by atoms with Crippen LogP contribution in [0.5, 0.6) is 23.0 Å². The lowest BCUT2D eigenvalue weighted by Gasteiger charge is -2.26. The van der Waals surface area contributed by atoms with Crippen molar-refractivity contribution >= 4 is 17.0 Å². The molecular formula is C26H26O6. The third kappa shape index (κ3) is 3.62. The maximum absolute atomic E-state index is 13.7. The van der Waals surface area contributed by atoms with Gasteiger partial charge in [-0.3, -0.25) is 4.79 Å². The predicted octanol–water partition coefficient (Wildman–Crippen LogP) is 5.95. The number of benzene rings is 2. The van der Waals surface area contributed by atoms with Crippen molar-refractivity contribution in [1.29, 1.82) is 0 Å². The summed E-state index contributed by atoms with van der Waals surface area (Å²) < 4.78 is 17.7. The maximum atomic E-state index is 13.7. The number of fused-ring (bicyclic) bond motifs is 4. The third-order valence-electron chi connectivity index (χ3n) is 5.29. The molecule has 2 N–H and O–H groups in total. The van der Waals surface area contributed by atoms with Crippen LogP contribution < -0.4 is 14.9 Å². The second-order valence-electron chi connectivity index (χ2n) is 8.45. The van der Waals surface area contributed by atoms with E-state index in [9.17, 15) is 15.0 Å². The van der Waals surface area contributed by atoms with Gasteiger partial charge in [0.15, 0.2) is 0 Å². The van der Waals surface area contributed by atoms with Gasteiger partial charge in [0.1, 0.15) is 45.8 Å². The first kappa shape index (κ1) is 21.6. The Labute approximate surface area is 186 Å². The second-order valence-corrected chi connectivity index (χ2v) is 8.45. The fraction of sp³-hybridized carbons (Fsp3) is 0.269. The standard InChI is InChI=1S/C26H26O6/c1-13(2)6-8-16-18(30-5)12-21-22(24(16)28)25(29)23-20(10-14(3)4)31-19-11-15(27)7-9-17(19)26(23)32-21/h6-13,20,27-28H,1-5H3/b8-6+/t20-/m0/s1. The molecule has 0 bridgehead atoms. The first-order valence-electron chi connectivity index (χ1n) is 10.4. The van der Waals surface area contributed by atoms with Crippen LogP contribution in [0.1, 0.15) is 44.9 Å². The molecular weight excluding hydrogens is 408 g/mol. The zero-order chi connectivity index (χ0) is 23.2. The van der Waals surface area contributed by atoms with Gasteiger partial charge in [-0.25, -0.2) is 0 Å². The lowest BCUT2D eigenvalue weighted by atomic mass is 9.94. The van der Waals surface area contributed by atoms with Crippen LogP contribution in [0.3, 0.4) is 0 Å². The molecule has 6 nitrogen and oxygen atoms in total. The summed E-state index contributed by atoms with van der Waals surface area (Å²) in [4.78, 5) is 13.7. The molecule has 1 aliphatic heterocycles. The van der Waals surface area contributed by atoms with E-state index in [0.29, 0.717) is 33.9 Å². The number of phenolic OH excluding ortho intramolecular Hbond substituents is 2. The minimum absolute atomic E-state index is 0.0483. The van der Waals surface area contributed by atoms with Crippen LogP contribution in [0, 0.1) is 5.92 Å². The molecule has 4 rings (SSSR count). The number of ether oxygens (including phenoxy) is 2. The Kier molecular flexibility index (Phi) is 5.46. The lowest BCUT2D eigenvalue weighted by Crippen LogP contribution is -2.22. The average Bonchev–Trinajstić information content (AvgIpc) is 2.71. The van der Waals surface area contributed by atoms with Gasteiger partial charge < -0.3 is 24.1 Å². The van der Waals surface area contributed by atoms with Gasteiger partial charge in [0.2, 0.25) is 5.43 Å². The number of aromatic hydroxyl groups is 2. The molecule has 0 saturated heterocycles. The summed E-state index contributed by atoms with van der Waals surface area (Å²) in [7, 11) is 1.50. The van der Waals surface area contributed by atoms with Gasteiger partial charge >= 0.3 is 0 Å². The third-order valence-corrected chi connectivity index (χ3v) is 5.29. The van der Waals surface area contributed by atoms with Gasteiger partial charge in [0.05, 0.1) is 23.8 Å². The van der Waals surface area contributed by atoms with E-state index in [2.05, 4.69) is 0 Å². The number of phenols is 2. The van der Waals surface area contributed by atoms with E-state index in [1.165, 1.54) is 19.2 Å². The highest BCUT2D eigenvalue weighted by Crippen LogP contribution is 2.46. The van der Waals surface area contributed by atoms with Gasteiger partial charge in [-0.1, -0.05) is 31.6 Å². The molecule has 0 spiro atoms. The van der Waals surface area contributed by atoms with Crippen molar-refractivity contribution in [2.45, 2.75) is 33.8 Å². The van der Waals surface area contributed by atoms with E-state index < -0.39 is 6.10 Å². The molecule has 6 heteroatoms. The van der Waals surface area contributed by atoms with Crippen molar-refractivity contribution in [3.63, 3.8) is 0 Å². The van der Waals surface area contributed by atoms with Gasteiger partial charge in [-0.05, 0) is 38.0 Å². The zero-order valence-electron chi connectivity index (χ0n) is 18.7. The first-order valence-corrected chi connectivity index (χ1v) is 10.4. The normalized spacial score (nSPS) is 14.9. The summed E-state index contributed by atoms with van der Waals surface area (Å²) in [5.41, 5.74) is 2.06. The Morgan fingerprint density at radius 3 is 2.59 bits per heavy atom. The summed E-state index contributed by atoms with van der Waals surface area (Å²) in [5.74, 6) is 1.26. The van der Waals surface area contributed by atoms with Crippen LogP contribution in [0.4, 0.5) is 0 Å². The Morgan fingerprint density at radius 1 is 1.19 bits per heavy atom. The number of hydrogen-bond donors (Lipinski definition) is 2. The smallest absolute Gasteiger partial charge is 0.204 e. The van der Waals surface area contributed by atoms with Crippen LogP contribution in [0.25, 0.3) is 28.4 Å². The van der Waals surface area contributed by atoms with Crippen molar-refractivity contribution in [1.82, 2.24) is 0 Å². The van der Waals surface area contributed by atoms with Crippen LogP contribution in [0.2, 0.25) is 0 Å². The molecule has 0 amide bonds. The molecule has 2 aromatic carbocycles. The highest BCUT2D eigenvalue weighted by molar-refractivity contribution is 5.92. The van der Waals surface area contributed by atoms with Crippen molar-refractivity contribution in [2.24, 2.45) is 5.92 Å². The predicted molar refractivity (Wildman–Crippen MR) is 124 cm³/mol. The topological polar surface area (TPSA) is 89.1 Å². The number of allylic oxidation sites excluding steroid dienone is 2. The maximum Gasteiger partial charge on any atom is 0.204 e. The summed E-state index contributed by atoms with van der Waals surface area (Å²) in [5, 5.41) is 21.1. The van der Waals surface area contributed by atoms with Gasteiger partial charge in [-0.2, -0.15) is 0 Å². The van der Waals surface area contributed by atoms with Crippen molar-refractivity contribution in [3.05, 3.63) is 63.3 Å². The van der Waals surface area contributed by atoms with E-state index in [-0.39, 0.29) is 33.8 Å². The molecule has 0 unspecified atom stereocenters. The van der Waals surface area contributed by atoms with E-state index >= 15 is 0 Å². The molecule has 1 aliphatic rings. The van der Waals surface area contributed by atoms with E-state index in [1.807, 2.05) is 39.8 Å². The van der Waals surface area contributed by atoms with Gasteiger partial charge in [-0.15, -0.1) is 0 Å². The number of rotatable bonds is 4. The van der Waals surface area contributed by atoms with Crippen LogP contribution in [0.15, 0.2) is 51.2 Å². The molecule has 166 valence electrons. The molecule has 1 atom stereocenters. The molecule has 3 aromatic rings. The van der Waals surface area contributed by atoms with Crippen LogP contribution >= 0.6 is 0 Å². The molecule has 0 fully saturated rings. The Bertz CT molecular complexity index is 1320. The summed E-state index contributed by atoms with van der Waals surface area (Å²) in [6.07, 6.45) is 4.76. The molecule has 0 radical (unpaired) electrons. The number of hydrogen-bond acceptors (Lipinski definition) is 6. The minimum atomic E-state index is -0.721. The van der Waals surface area contributed by atoms with E-state index in [0.717, 1.165) is 5.57 Å². The second kappa shape index (κ2) is 8.11. The molecule has 2 heterocycles. The quantitative estimate of drug-likeness (QED) is 0.493. The van der Waals surface area contributed by atoms with E-state index in [1.54, 1.807) is 18.2 Å². The van der Waals surface area contributed by atoms with Crippen LogP contribution in [-0.2, 0) is 0 Å². The van der Waals surface area contributed by atoms with E-state index in [4.69, 9.17) is 13.9 Å². The molecule has 1 aromatic heterocycles. The summed E-state index contributed by atoms with van der Waals surface area (Å²) >= 11 is 0. The minimum Gasteiger partial charge on any atom is -0.508 e. The summed E-state index contributed by atoms with van der Waals surface area (Å²) in [6.45, 7) is 7.84. The van der Waals surface area contributed by atoms with Gasteiger partial charge in [0.25, 0.3) is 0 Å². The SMILES string of the molecule is COc1cc2oc3c(c(=O)c2c(O)c1/C=C/C(C)C)[C@H](C=C(C)C)Oc1cc(O)ccc1-3. The number of methoxy groups -OCH3 is 1.